The molecule has 1 aromatic rings. The van der Waals surface area contributed by atoms with Crippen molar-refractivity contribution in [3.05, 3.63) is 29.5 Å². The first-order valence-corrected chi connectivity index (χ1v) is 14.4. The Balaban J connectivity index is 1.47. The van der Waals surface area contributed by atoms with Crippen molar-refractivity contribution in [2.24, 2.45) is 28.5 Å². The fraction of sp³-hybridized carbons (Fsp3) is 0.724. The van der Waals surface area contributed by atoms with E-state index in [0.29, 0.717) is 36.7 Å². The molecule has 36 heavy (non-hydrogen) atoms. The molecule has 4 N–H and O–H groups in total. The van der Waals surface area contributed by atoms with Crippen LogP contribution in [-0.2, 0) is 11.3 Å². The van der Waals surface area contributed by atoms with Crippen molar-refractivity contribution in [2.75, 3.05) is 30.4 Å². The highest BCUT2D eigenvalue weighted by Gasteiger charge is 2.32. The molecule has 0 radical (unpaired) electrons. The van der Waals surface area contributed by atoms with E-state index in [0.717, 1.165) is 49.9 Å². The molecule has 0 bridgehead atoms. The van der Waals surface area contributed by atoms with Crippen LogP contribution in [0.5, 0.6) is 0 Å². The molecule has 198 valence electrons. The summed E-state index contributed by atoms with van der Waals surface area (Å²) in [5.74, 6) is 4.09. The number of morpholine rings is 1. The number of ether oxygens (including phenoxy) is 1. The average Bonchev–Trinajstić information content (AvgIpc) is 3.16. The Kier molecular flexibility index (Phi) is 8.04. The summed E-state index contributed by atoms with van der Waals surface area (Å²) in [7, 11) is 0. The number of aliphatic imine (C=N–C) groups is 1. The predicted octanol–water partition coefficient (Wildman–Crippen LogP) is 5.06. The molecular formula is C29H46N6O. The van der Waals surface area contributed by atoms with Crippen molar-refractivity contribution in [1.29, 1.82) is 0 Å². The number of amidine groups is 1. The van der Waals surface area contributed by atoms with Gasteiger partial charge >= 0.3 is 0 Å². The van der Waals surface area contributed by atoms with Crippen LogP contribution in [0.3, 0.4) is 0 Å². The highest BCUT2D eigenvalue weighted by atomic mass is 16.5. The molecule has 0 aromatic carbocycles. The maximum Gasteiger partial charge on any atom is 0.208 e. The van der Waals surface area contributed by atoms with E-state index in [4.69, 9.17) is 26.2 Å². The lowest BCUT2D eigenvalue weighted by molar-refractivity contribution is 0.0928. The number of nitrogens with zero attached hydrogens (tertiary/aromatic N) is 4. The highest BCUT2D eigenvalue weighted by Crippen LogP contribution is 2.35. The van der Waals surface area contributed by atoms with Gasteiger partial charge in [-0.25, -0.2) is 0 Å². The zero-order valence-electron chi connectivity index (χ0n) is 22.4. The Morgan fingerprint density at radius 2 is 2.00 bits per heavy atom. The molecule has 3 fully saturated rings. The van der Waals surface area contributed by atoms with Gasteiger partial charge < -0.3 is 25.7 Å². The van der Waals surface area contributed by atoms with Gasteiger partial charge in [0.2, 0.25) is 5.95 Å². The fourth-order valence-electron chi connectivity index (χ4n) is 6.38. The first-order chi connectivity index (χ1) is 17.5. The van der Waals surface area contributed by atoms with Crippen molar-refractivity contribution in [3.63, 3.8) is 0 Å². The lowest BCUT2D eigenvalue weighted by Crippen LogP contribution is -2.47. The molecule has 2 unspecified atom stereocenters. The van der Waals surface area contributed by atoms with Crippen LogP contribution in [-0.4, -0.2) is 47.2 Å². The van der Waals surface area contributed by atoms with Crippen LogP contribution < -0.4 is 16.4 Å². The second kappa shape index (κ2) is 11.4. The largest absolute Gasteiger partial charge is 0.382 e. The van der Waals surface area contributed by atoms with Crippen molar-refractivity contribution >= 4 is 17.6 Å². The first-order valence-electron chi connectivity index (χ1n) is 14.4. The standard InChI is InChI=1S/C29H46N6O/c1-20-11-13-23(14-12-20)18-35-26(27(30)32-21(2)24-9-6-10-24)28(31)33-29(35)34-15-16-36-19-25(34)17-22-7-4-3-5-8-22/h4,7-8,20-21,23-25H,3,5-6,9-19,31H2,1-2H3,(H2,30,32). The number of hydrogen-bond acceptors (Lipinski definition) is 5. The van der Waals surface area contributed by atoms with Crippen LogP contribution in [0, 0.1) is 17.8 Å². The molecule has 1 aliphatic heterocycles. The van der Waals surface area contributed by atoms with Gasteiger partial charge in [-0.3, -0.25) is 4.99 Å². The van der Waals surface area contributed by atoms with Gasteiger partial charge in [0.1, 0.15) is 11.5 Å². The van der Waals surface area contributed by atoms with Crippen molar-refractivity contribution in [2.45, 2.75) is 96.7 Å². The van der Waals surface area contributed by atoms with E-state index in [-0.39, 0.29) is 12.1 Å². The van der Waals surface area contributed by atoms with Crippen LogP contribution >= 0.6 is 0 Å². The first kappa shape index (κ1) is 25.4. The normalized spacial score (nSPS) is 28.6. The second-order valence-electron chi connectivity index (χ2n) is 11.7. The number of nitrogen functional groups attached to an aromatic ring is 1. The average molecular weight is 495 g/mol. The third-order valence-electron chi connectivity index (χ3n) is 9.00. The van der Waals surface area contributed by atoms with Crippen LogP contribution in [0.1, 0.15) is 83.7 Å². The van der Waals surface area contributed by atoms with Crippen LogP contribution in [0.2, 0.25) is 0 Å². The quantitative estimate of drug-likeness (QED) is 0.389. The van der Waals surface area contributed by atoms with Gasteiger partial charge in [-0.1, -0.05) is 50.0 Å². The van der Waals surface area contributed by atoms with Gasteiger partial charge in [0.15, 0.2) is 5.82 Å². The molecule has 7 nitrogen and oxygen atoms in total. The minimum Gasteiger partial charge on any atom is -0.382 e. The van der Waals surface area contributed by atoms with Gasteiger partial charge in [-0.2, -0.15) is 4.98 Å². The summed E-state index contributed by atoms with van der Waals surface area (Å²) in [5, 5.41) is 0. The van der Waals surface area contributed by atoms with E-state index >= 15 is 0 Å². The van der Waals surface area contributed by atoms with Gasteiger partial charge in [0.25, 0.3) is 0 Å². The smallest absolute Gasteiger partial charge is 0.208 e. The van der Waals surface area contributed by atoms with Crippen molar-refractivity contribution in [3.8, 4) is 0 Å². The molecule has 3 aliphatic carbocycles. The Morgan fingerprint density at radius 3 is 2.69 bits per heavy atom. The minimum atomic E-state index is 0.224. The highest BCUT2D eigenvalue weighted by molar-refractivity contribution is 6.00. The number of aromatic nitrogens is 2. The van der Waals surface area contributed by atoms with Gasteiger partial charge in [0.05, 0.1) is 25.3 Å². The summed E-state index contributed by atoms with van der Waals surface area (Å²) >= 11 is 0. The molecule has 1 aromatic heterocycles. The lowest BCUT2D eigenvalue weighted by atomic mass is 9.81. The molecule has 2 saturated carbocycles. The van der Waals surface area contributed by atoms with Gasteiger partial charge in [-0.05, 0) is 69.6 Å². The van der Waals surface area contributed by atoms with E-state index in [2.05, 4.69) is 41.5 Å². The van der Waals surface area contributed by atoms with Gasteiger partial charge in [0, 0.05) is 13.1 Å². The molecule has 0 amide bonds. The van der Waals surface area contributed by atoms with Crippen molar-refractivity contribution < 1.29 is 4.74 Å². The summed E-state index contributed by atoms with van der Waals surface area (Å²) in [6.45, 7) is 7.70. The fourth-order valence-corrected chi connectivity index (χ4v) is 6.38. The SMILES string of the molecule is CC1CCC(Cn2c(N3CCOCC3CC3=CCCC=C3)nc(N)c2C(N)=NC(C)C2CCC2)CC1. The zero-order chi connectivity index (χ0) is 25.1. The maximum atomic E-state index is 6.72. The number of anilines is 2. The van der Waals surface area contributed by atoms with Crippen LogP contribution in [0.15, 0.2) is 28.8 Å². The lowest BCUT2D eigenvalue weighted by Gasteiger charge is -2.38. The zero-order valence-corrected chi connectivity index (χ0v) is 22.4. The number of hydrogen-bond donors (Lipinski definition) is 2. The summed E-state index contributed by atoms with van der Waals surface area (Å²) < 4.78 is 8.27. The summed E-state index contributed by atoms with van der Waals surface area (Å²) in [6.07, 6.45) is 19.0. The van der Waals surface area contributed by atoms with Crippen LogP contribution in [0.25, 0.3) is 0 Å². The topological polar surface area (TPSA) is 94.7 Å². The molecule has 7 heteroatoms. The summed E-state index contributed by atoms with van der Waals surface area (Å²) in [4.78, 5) is 12.4. The molecule has 1 saturated heterocycles. The number of imidazole rings is 1. The summed E-state index contributed by atoms with van der Waals surface area (Å²) in [6, 6.07) is 0.459. The molecule has 5 rings (SSSR count). The predicted molar refractivity (Wildman–Crippen MR) is 148 cm³/mol. The third-order valence-corrected chi connectivity index (χ3v) is 9.00. The minimum absolute atomic E-state index is 0.224. The Hall–Kier alpha value is -2.28. The molecular weight excluding hydrogens is 448 g/mol. The van der Waals surface area contributed by atoms with E-state index in [1.165, 1.54) is 50.5 Å². The third kappa shape index (κ3) is 5.66. The van der Waals surface area contributed by atoms with E-state index < -0.39 is 0 Å². The Labute approximate surface area is 217 Å². The number of allylic oxidation sites excluding steroid dienone is 3. The molecule has 0 spiro atoms. The number of nitrogens with two attached hydrogens (primary N) is 2. The monoisotopic (exact) mass is 494 g/mol. The van der Waals surface area contributed by atoms with Crippen LogP contribution in [0.4, 0.5) is 11.8 Å². The molecule has 2 heterocycles. The Bertz CT molecular complexity index is 982. The van der Waals surface area contributed by atoms with Crippen molar-refractivity contribution in [1.82, 2.24) is 9.55 Å². The van der Waals surface area contributed by atoms with E-state index in [1.807, 2.05) is 0 Å². The number of rotatable bonds is 8. The second-order valence-corrected chi connectivity index (χ2v) is 11.7. The summed E-state index contributed by atoms with van der Waals surface area (Å²) in [5.41, 5.74) is 15.6. The Morgan fingerprint density at radius 1 is 1.19 bits per heavy atom. The molecule has 2 atom stereocenters. The van der Waals surface area contributed by atoms with Gasteiger partial charge in [-0.15, -0.1) is 0 Å². The molecule has 4 aliphatic rings. The van der Waals surface area contributed by atoms with E-state index in [9.17, 15) is 0 Å². The maximum absolute atomic E-state index is 6.72. The van der Waals surface area contributed by atoms with E-state index in [1.54, 1.807) is 0 Å².